The van der Waals surface area contributed by atoms with Crippen molar-refractivity contribution >= 4 is 17.8 Å². The molecule has 1 N–H and O–H groups in total. The lowest BCUT2D eigenvalue weighted by molar-refractivity contribution is -0.684. The molecular weight excluding hydrogens is 308 g/mol. The molecule has 7 nitrogen and oxygen atoms in total. The van der Waals surface area contributed by atoms with Gasteiger partial charge in [0.25, 0.3) is 5.69 Å². The van der Waals surface area contributed by atoms with Crippen LogP contribution in [0.2, 0.25) is 0 Å². The van der Waals surface area contributed by atoms with E-state index < -0.39 is 4.92 Å². The van der Waals surface area contributed by atoms with Crippen LogP contribution in [0.15, 0.2) is 60.0 Å². The third-order valence-electron chi connectivity index (χ3n) is 2.63. The normalized spacial score (nSPS) is 10.0. The zero-order valence-corrected chi connectivity index (χ0v) is 12.2. The fourth-order valence-electron chi connectivity index (χ4n) is 1.68. The van der Waals surface area contributed by atoms with Gasteiger partial charge in [0.2, 0.25) is 6.54 Å². The summed E-state index contributed by atoms with van der Waals surface area (Å²) < 4.78 is 1.69. The summed E-state index contributed by atoms with van der Waals surface area (Å²) in [5.74, 6) is -0.318. The van der Waals surface area contributed by atoms with Gasteiger partial charge >= 0.3 is 5.91 Å². The molecular formula is C14H13ClN4O3. The molecule has 114 valence electrons. The average Bonchev–Trinajstić information content (AvgIpc) is 2.48. The zero-order valence-electron chi connectivity index (χ0n) is 11.4. The molecule has 2 aromatic rings. The molecule has 0 atom stereocenters. The van der Waals surface area contributed by atoms with Crippen molar-refractivity contribution in [2.75, 3.05) is 0 Å². The first kappa shape index (κ1) is 17.3. The van der Waals surface area contributed by atoms with Crippen LogP contribution in [0.5, 0.6) is 0 Å². The number of aromatic nitrogens is 1. The molecule has 0 spiro atoms. The van der Waals surface area contributed by atoms with Gasteiger partial charge in [0, 0.05) is 18.2 Å². The number of carbonyl (C=O) groups excluding carboxylic acids is 1. The van der Waals surface area contributed by atoms with Crippen molar-refractivity contribution in [1.29, 1.82) is 0 Å². The second-order valence-electron chi connectivity index (χ2n) is 4.16. The number of nitro groups is 1. The molecule has 0 aliphatic heterocycles. The van der Waals surface area contributed by atoms with Gasteiger partial charge in [-0.25, -0.2) is 5.43 Å². The predicted octanol–water partition coefficient (Wildman–Crippen LogP) is -1.96. The molecule has 0 radical (unpaired) electrons. The van der Waals surface area contributed by atoms with Gasteiger partial charge in [-0.2, -0.15) is 9.67 Å². The molecule has 2 rings (SSSR count). The van der Waals surface area contributed by atoms with Gasteiger partial charge in [0.05, 0.1) is 16.7 Å². The molecule has 0 saturated heterocycles. The Kier molecular flexibility index (Phi) is 6.65. The number of nitro benzene ring substituents is 1. The predicted molar refractivity (Wildman–Crippen MR) is 75.5 cm³/mol. The first-order chi connectivity index (χ1) is 10.2. The van der Waals surface area contributed by atoms with Crippen molar-refractivity contribution < 1.29 is 26.7 Å². The smallest absolute Gasteiger partial charge is 0.305 e. The third-order valence-corrected chi connectivity index (χ3v) is 2.63. The van der Waals surface area contributed by atoms with Crippen LogP contribution in [-0.2, 0) is 11.3 Å². The van der Waals surface area contributed by atoms with E-state index in [4.69, 9.17) is 0 Å². The van der Waals surface area contributed by atoms with Crippen molar-refractivity contribution in [1.82, 2.24) is 5.43 Å². The largest absolute Gasteiger partial charge is 1.00 e. The average molecular weight is 321 g/mol. The molecule has 0 unspecified atom stereocenters. The Morgan fingerprint density at radius 3 is 2.59 bits per heavy atom. The molecule has 22 heavy (non-hydrogen) atoms. The lowest BCUT2D eigenvalue weighted by atomic mass is 10.2. The van der Waals surface area contributed by atoms with Crippen LogP contribution in [-0.4, -0.2) is 17.0 Å². The molecule has 0 saturated carbocycles. The van der Waals surface area contributed by atoms with Crippen LogP contribution in [0.4, 0.5) is 5.69 Å². The second kappa shape index (κ2) is 8.48. The minimum absolute atomic E-state index is 0. The van der Waals surface area contributed by atoms with Gasteiger partial charge in [0.15, 0.2) is 12.4 Å². The summed E-state index contributed by atoms with van der Waals surface area (Å²) in [6, 6.07) is 11.6. The lowest BCUT2D eigenvalue weighted by Gasteiger charge is -1.97. The zero-order chi connectivity index (χ0) is 15.1. The van der Waals surface area contributed by atoms with E-state index in [-0.39, 0.29) is 30.5 Å². The minimum atomic E-state index is -0.497. The quantitative estimate of drug-likeness (QED) is 0.300. The Morgan fingerprint density at radius 1 is 1.23 bits per heavy atom. The maximum atomic E-state index is 11.6. The van der Waals surface area contributed by atoms with E-state index in [2.05, 4.69) is 10.5 Å². The summed E-state index contributed by atoms with van der Waals surface area (Å²) in [5, 5.41) is 14.6. The lowest BCUT2D eigenvalue weighted by Crippen LogP contribution is -3.00. The topological polar surface area (TPSA) is 88.5 Å². The number of halogens is 1. The number of nitrogens with zero attached hydrogens (tertiary/aromatic N) is 3. The summed E-state index contributed by atoms with van der Waals surface area (Å²) in [7, 11) is 0. The van der Waals surface area contributed by atoms with E-state index in [1.54, 1.807) is 35.2 Å². The number of hydrazone groups is 1. The van der Waals surface area contributed by atoms with Gasteiger partial charge in [-0.3, -0.25) is 14.9 Å². The summed E-state index contributed by atoms with van der Waals surface area (Å²) in [6.07, 6.45) is 4.77. The van der Waals surface area contributed by atoms with Gasteiger partial charge in [0.1, 0.15) is 0 Å². The Labute approximate surface area is 132 Å². The molecule has 1 heterocycles. The highest BCUT2D eigenvalue weighted by Gasteiger charge is 2.10. The number of benzene rings is 1. The number of hydrogen-bond donors (Lipinski definition) is 1. The maximum absolute atomic E-state index is 11.6. The van der Waals surface area contributed by atoms with Crippen molar-refractivity contribution in [2.45, 2.75) is 6.54 Å². The maximum Gasteiger partial charge on any atom is 0.305 e. The fraction of sp³-hybridized carbons (Fsp3) is 0.0714. The molecule has 1 amide bonds. The van der Waals surface area contributed by atoms with Crippen LogP contribution >= 0.6 is 0 Å². The number of carbonyl (C=O) groups is 1. The highest BCUT2D eigenvalue weighted by molar-refractivity contribution is 5.86. The number of hydrogen-bond acceptors (Lipinski definition) is 4. The van der Waals surface area contributed by atoms with Crippen molar-refractivity contribution in [3.05, 3.63) is 70.5 Å². The van der Waals surface area contributed by atoms with Crippen LogP contribution < -0.4 is 22.4 Å². The first-order valence-electron chi connectivity index (χ1n) is 6.16. The number of para-hydroxylation sites is 1. The van der Waals surface area contributed by atoms with Gasteiger partial charge in [-0.1, -0.05) is 18.2 Å². The molecule has 8 heteroatoms. The number of rotatable bonds is 5. The first-order valence-corrected chi connectivity index (χ1v) is 6.16. The van der Waals surface area contributed by atoms with E-state index in [0.717, 1.165) is 0 Å². The highest BCUT2D eigenvalue weighted by atomic mass is 35.5. The van der Waals surface area contributed by atoms with E-state index in [0.29, 0.717) is 5.56 Å². The van der Waals surface area contributed by atoms with E-state index in [1.165, 1.54) is 12.3 Å². The van der Waals surface area contributed by atoms with Crippen LogP contribution in [0, 0.1) is 10.1 Å². The highest BCUT2D eigenvalue weighted by Crippen LogP contribution is 2.14. The number of amides is 1. The Bertz CT molecular complexity index is 677. The summed E-state index contributed by atoms with van der Waals surface area (Å²) >= 11 is 0. The fourth-order valence-corrected chi connectivity index (χ4v) is 1.68. The van der Waals surface area contributed by atoms with Crippen molar-refractivity contribution in [3.8, 4) is 0 Å². The van der Waals surface area contributed by atoms with E-state index in [1.807, 2.05) is 18.2 Å². The molecule has 0 aliphatic rings. The second-order valence-corrected chi connectivity index (χ2v) is 4.16. The van der Waals surface area contributed by atoms with Gasteiger partial charge in [-0.15, -0.1) is 0 Å². The Morgan fingerprint density at radius 2 is 1.91 bits per heavy atom. The molecule has 1 aromatic carbocycles. The standard InChI is InChI=1S/C14H12N4O3.ClH/c19-14(11-17-8-4-1-5-9-17)16-15-10-12-6-2-3-7-13(12)18(20)21;/h1-10H,11H2;1H/b15-10+;. The summed E-state index contributed by atoms with van der Waals surface area (Å²) in [6.45, 7) is 0.120. The minimum Gasteiger partial charge on any atom is -1.00 e. The molecule has 0 aliphatic carbocycles. The summed E-state index contributed by atoms with van der Waals surface area (Å²) in [5.41, 5.74) is 2.60. The molecule has 1 aromatic heterocycles. The van der Waals surface area contributed by atoms with E-state index in [9.17, 15) is 14.9 Å². The Balaban J connectivity index is 0.00000242. The Hall–Kier alpha value is -2.80. The van der Waals surface area contributed by atoms with Gasteiger partial charge < -0.3 is 12.4 Å². The third kappa shape index (κ3) is 4.95. The van der Waals surface area contributed by atoms with Crippen molar-refractivity contribution in [3.63, 3.8) is 0 Å². The molecule has 0 fully saturated rings. The summed E-state index contributed by atoms with van der Waals surface area (Å²) in [4.78, 5) is 22.0. The van der Waals surface area contributed by atoms with Crippen molar-refractivity contribution in [2.24, 2.45) is 5.10 Å². The van der Waals surface area contributed by atoms with Gasteiger partial charge in [-0.05, 0) is 6.07 Å². The van der Waals surface area contributed by atoms with Crippen LogP contribution in [0.1, 0.15) is 5.56 Å². The monoisotopic (exact) mass is 320 g/mol. The SMILES string of the molecule is O=C(C[n+]1ccccc1)N/N=C/c1ccccc1[N+](=O)[O-].[Cl-]. The number of pyridine rings is 1. The molecule has 0 bridgehead atoms. The van der Waals surface area contributed by atoms with Crippen LogP contribution in [0.25, 0.3) is 0 Å². The van der Waals surface area contributed by atoms with Crippen LogP contribution in [0.3, 0.4) is 0 Å². The number of nitrogens with one attached hydrogen (secondary N) is 1. The van der Waals surface area contributed by atoms with E-state index >= 15 is 0 Å².